The zero-order chi connectivity index (χ0) is 12.4. The number of aliphatic hydroxyl groups excluding tert-OH is 1. The smallest absolute Gasteiger partial charge is 0.256 e. The maximum atomic E-state index is 12.3. The average molecular weight is 255 g/mol. The van der Waals surface area contributed by atoms with Gasteiger partial charge >= 0.3 is 0 Å². The van der Waals surface area contributed by atoms with Crippen LogP contribution in [0.4, 0.5) is 5.69 Å². The zero-order valence-corrected chi connectivity index (χ0v) is 10.2. The van der Waals surface area contributed by atoms with Crippen LogP contribution in [0.2, 0.25) is 5.02 Å². The van der Waals surface area contributed by atoms with Gasteiger partial charge in [0.1, 0.15) is 0 Å². The Morgan fingerprint density at radius 3 is 3.06 bits per heavy atom. The first kappa shape index (κ1) is 12.2. The standard InChI is InChI=1S/C12H15ClN2O2/c13-10-5-1-4-9(11(10)14)12(17)15-6-2-3-8(15)7-16/h1,4-5,8,16H,2-3,6-7,14H2. The second-order valence-corrected chi connectivity index (χ2v) is 4.59. The van der Waals surface area contributed by atoms with E-state index in [1.165, 1.54) is 0 Å². The molecule has 1 amide bonds. The van der Waals surface area contributed by atoms with Crippen molar-refractivity contribution in [3.05, 3.63) is 28.8 Å². The summed E-state index contributed by atoms with van der Waals surface area (Å²) in [7, 11) is 0. The number of anilines is 1. The lowest BCUT2D eigenvalue weighted by molar-refractivity contribution is 0.0678. The van der Waals surface area contributed by atoms with Gasteiger partial charge in [0.2, 0.25) is 0 Å². The van der Waals surface area contributed by atoms with Gasteiger partial charge in [-0.3, -0.25) is 4.79 Å². The number of nitrogens with zero attached hydrogens (tertiary/aromatic N) is 1. The Hall–Kier alpha value is -1.26. The molecule has 1 atom stereocenters. The molecule has 1 saturated heterocycles. The molecule has 1 aliphatic rings. The van der Waals surface area contributed by atoms with Crippen LogP contribution in [0.5, 0.6) is 0 Å². The molecule has 17 heavy (non-hydrogen) atoms. The first-order chi connectivity index (χ1) is 8.15. The third kappa shape index (κ3) is 2.23. The van der Waals surface area contributed by atoms with Crippen LogP contribution in [0.25, 0.3) is 0 Å². The highest BCUT2D eigenvalue weighted by atomic mass is 35.5. The first-order valence-corrected chi connectivity index (χ1v) is 5.98. The molecule has 0 aromatic heterocycles. The van der Waals surface area contributed by atoms with Crippen molar-refractivity contribution in [1.29, 1.82) is 0 Å². The molecule has 4 nitrogen and oxygen atoms in total. The Labute approximate surface area is 105 Å². The molecule has 0 bridgehead atoms. The van der Waals surface area contributed by atoms with Crippen molar-refractivity contribution in [2.45, 2.75) is 18.9 Å². The molecule has 0 aliphatic carbocycles. The van der Waals surface area contributed by atoms with E-state index in [1.807, 2.05) is 0 Å². The Morgan fingerprint density at radius 1 is 1.59 bits per heavy atom. The number of halogens is 1. The van der Waals surface area contributed by atoms with Gasteiger partial charge in [0.05, 0.1) is 28.9 Å². The van der Waals surface area contributed by atoms with E-state index in [0.717, 1.165) is 12.8 Å². The Morgan fingerprint density at radius 2 is 2.35 bits per heavy atom. The minimum atomic E-state index is -0.151. The average Bonchev–Trinajstić information content (AvgIpc) is 2.80. The molecular weight excluding hydrogens is 240 g/mol. The molecule has 2 rings (SSSR count). The highest BCUT2D eigenvalue weighted by Gasteiger charge is 2.29. The van der Waals surface area contributed by atoms with Gasteiger partial charge in [-0.05, 0) is 25.0 Å². The SMILES string of the molecule is Nc1c(Cl)cccc1C(=O)N1CCCC1CO. The third-order valence-electron chi connectivity index (χ3n) is 3.13. The molecule has 5 heteroatoms. The molecule has 1 unspecified atom stereocenters. The van der Waals surface area contributed by atoms with E-state index in [9.17, 15) is 9.90 Å². The molecule has 1 aliphatic heterocycles. The molecule has 1 fully saturated rings. The summed E-state index contributed by atoms with van der Waals surface area (Å²) in [5, 5.41) is 9.59. The number of nitrogen functional groups attached to an aromatic ring is 1. The van der Waals surface area contributed by atoms with Gasteiger partial charge in [-0.2, -0.15) is 0 Å². The number of amides is 1. The predicted octanol–water partition coefficient (Wildman–Crippen LogP) is 1.52. The Bertz CT molecular complexity index is 437. The summed E-state index contributed by atoms with van der Waals surface area (Å²) >= 11 is 5.89. The van der Waals surface area contributed by atoms with Crippen LogP contribution in [0.3, 0.4) is 0 Å². The highest BCUT2D eigenvalue weighted by Crippen LogP contribution is 2.26. The van der Waals surface area contributed by atoms with Gasteiger partial charge in [-0.25, -0.2) is 0 Å². The molecule has 0 saturated carbocycles. The number of hydrogen-bond donors (Lipinski definition) is 2. The van der Waals surface area contributed by atoms with E-state index in [2.05, 4.69) is 0 Å². The monoisotopic (exact) mass is 254 g/mol. The largest absolute Gasteiger partial charge is 0.397 e. The quantitative estimate of drug-likeness (QED) is 0.787. The fourth-order valence-corrected chi connectivity index (χ4v) is 2.35. The molecular formula is C12H15ClN2O2. The summed E-state index contributed by atoms with van der Waals surface area (Å²) in [5.74, 6) is -0.151. The second-order valence-electron chi connectivity index (χ2n) is 4.18. The molecule has 0 radical (unpaired) electrons. The summed E-state index contributed by atoms with van der Waals surface area (Å²) in [5.41, 5.74) is 6.52. The number of rotatable bonds is 2. The van der Waals surface area contributed by atoms with E-state index < -0.39 is 0 Å². The summed E-state index contributed by atoms with van der Waals surface area (Å²) < 4.78 is 0. The van der Waals surface area contributed by atoms with Gasteiger partial charge in [-0.15, -0.1) is 0 Å². The van der Waals surface area contributed by atoms with E-state index in [-0.39, 0.29) is 18.6 Å². The van der Waals surface area contributed by atoms with Crippen molar-refractivity contribution in [2.24, 2.45) is 0 Å². The number of hydrogen-bond acceptors (Lipinski definition) is 3. The van der Waals surface area contributed by atoms with Gasteiger partial charge in [0.25, 0.3) is 5.91 Å². The van der Waals surface area contributed by atoms with Crippen LogP contribution in [0.1, 0.15) is 23.2 Å². The lowest BCUT2D eigenvalue weighted by Gasteiger charge is -2.23. The van der Waals surface area contributed by atoms with Gasteiger partial charge in [0, 0.05) is 6.54 Å². The van der Waals surface area contributed by atoms with Gasteiger partial charge in [-0.1, -0.05) is 17.7 Å². The van der Waals surface area contributed by atoms with E-state index in [4.69, 9.17) is 17.3 Å². The van der Waals surface area contributed by atoms with E-state index in [0.29, 0.717) is 22.8 Å². The lowest BCUT2D eigenvalue weighted by atomic mass is 10.1. The number of carbonyl (C=O) groups excluding carboxylic acids is 1. The van der Waals surface area contributed by atoms with Crippen molar-refractivity contribution in [3.63, 3.8) is 0 Å². The number of aliphatic hydroxyl groups is 1. The van der Waals surface area contributed by atoms with Gasteiger partial charge in [0.15, 0.2) is 0 Å². The molecule has 92 valence electrons. The fourth-order valence-electron chi connectivity index (χ4n) is 2.17. The van der Waals surface area contributed by atoms with Crippen LogP contribution in [0, 0.1) is 0 Å². The summed E-state index contributed by atoms with van der Waals surface area (Å²) in [6.45, 7) is 0.655. The van der Waals surface area contributed by atoms with Crippen molar-refractivity contribution in [1.82, 2.24) is 4.90 Å². The van der Waals surface area contributed by atoms with E-state index >= 15 is 0 Å². The molecule has 1 aromatic carbocycles. The summed E-state index contributed by atoms with van der Waals surface area (Å²) in [4.78, 5) is 13.9. The molecule has 0 spiro atoms. The first-order valence-electron chi connectivity index (χ1n) is 5.61. The zero-order valence-electron chi connectivity index (χ0n) is 9.40. The van der Waals surface area contributed by atoms with Crippen LogP contribution in [-0.4, -0.2) is 35.1 Å². The maximum absolute atomic E-state index is 12.3. The molecule has 1 heterocycles. The van der Waals surface area contributed by atoms with Crippen molar-refractivity contribution in [2.75, 3.05) is 18.9 Å². The van der Waals surface area contributed by atoms with Crippen LogP contribution in [-0.2, 0) is 0 Å². The number of likely N-dealkylation sites (tertiary alicyclic amines) is 1. The number of carbonyl (C=O) groups is 1. The number of para-hydroxylation sites is 1. The van der Waals surface area contributed by atoms with E-state index in [1.54, 1.807) is 23.1 Å². The number of benzene rings is 1. The lowest BCUT2D eigenvalue weighted by Crippen LogP contribution is -2.37. The van der Waals surface area contributed by atoms with Crippen LogP contribution < -0.4 is 5.73 Å². The van der Waals surface area contributed by atoms with Crippen molar-refractivity contribution >= 4 is 23.2 Å². The molecule has 1 aromatic rings. The summed E-state index contributed by atoms with van der Waals surface area (Å²) in [6, 6.07) is 4.92. The van der Waals surface area contributed by atoms with Crippen molar-refractivity contribution in [3.8, 4) is 0 Å². The molecule has 3 N–H and O–H groups in total. The normalized spacial score (nSPS) is 19.6. The maximum Gasteiger partial charge on any atom is 0.256 e. The fraction of sp³-hybridized carbons (Fsp3) is 0.417. The predicted molar refractivity (Wildman–Crippen MR) is 67.0 cm³/mol. The number of nitrogens with two attached hydrogens (primary N) is 1. The minimum Gasteiger partial charge on any atom is -0.397 e. The Balaban J connectivity index is 2.28. The third-order valence-corrected chi connectivity index (χ3v) is 3.46. The van der Waals surface area contributed by atoms with Crippen LogP contribution >= 0.6 is 11.6 Å². The van der Waals surface area contributed by atoms with Crippen LogP contribution in [0.15, 0.2) is 18.2 Å². The topological polar surface area (TPSA) is 66.6 Å². The van der Waals surface area contributed by atoms with Crippen molar-refractivity contribution < 1.29 is 9.90 Å². The minimum absolute atomic E-state index is 0.00773. The second kappa shape index (κ2) is 4.94. The Kier molecular flexibility index (Phi) is 3.54. The van der Waals surface area contributed by atoms with Gasteiger partial charge < -0.3 is 15.7 Å². The highest BCUT2D eigenvalue weighted by molar-refractivity contribution is 6.33. The summed E-state index contributed by atoms with van der Waals surface area (Å²) in [6.07, 6.45) is 1.75.